The number of nitrogens with one attached hydrogen (secondary N) is 1. The quantitative estimate of drug-likeness (QED) is 0.813. The van der Waals surface area contributed by atoms with Crippen LogP contribution in [0, 0.1) is 17.7 Å². The minimum absolute atomic E-state index is 0.0302. The third-order valence-electron chi connectivity index (χ3n) is 1.79. The summed E-state index contributed by atoms with van der Waals surface area (Å²) in [6, 6.07) is 2.86. The van der Waals surface area contributed by atoms with Crippen molar-refractivity contribution in [2.75, 3.05) is 11.3 Å². The second-order valence-corrected chi connectivity index (χ2v) is 4.75. The molecule has 0 radical (unpaired) electrons. The zero-order valence-corrected chi connectivity index (χ0v) is 9.77. The van der Waals surface area contributed by atoms with Crippen LogP contribution in [0.4, 0.5) is 18.9 Å². The molecule has 0 fully saturated rings. The van der Waals surface area contributed by atoms with Crippen LogP contribution in [-0.4, -0.2) is 20.7 Å². The van der Waals surface area contributed by atoms with Gasteiger partial charge in [-0.3, -0.25) is 4.72 Å². The SMILES string of the molecule is NCC#Cc1cc(F)ccc1NS(=O)(=O)C(F)F. The van der Waals surface area contributed by atoms with Crippen molar-refractivity contribution < 1.29 is 21.6 Å². The highest BCUT2D eigenvalue weighted by molar-refractivity contribution is 7.93. The second kappa shape index (κ2) is 5.75. The molecule has 18 heavy (non-hydrogen) atoms. The predicted molar refractivity (Wildman–Crippen MR) is 60.9 cm³/mol. The Morgan fingerprint density at radius 1 is 1.39 bits per heavy atom. The third kappa shape index (κ3) is 3.65. The van der Waals surface area contributed by atoms with E-state index < -0.39 is 21.6 Å². The fraction of sp³-hybridized carbons (Fsp3) is 0.200. The molecule has 1 rings (SSSR count). The van der Waals surface area contributed by atoms with Gasteiger partial charge in [0.2, 0.25) is 0 Å². The van der Waals surface area contributed by atoms with Gasteiger partial charge < -0.3 is 5.73 Å². The summed E-state index contributed by atoms with van der Waals surface area (Å²) in [5, 5.41) is 0. The molecular formula is C10H9F3N2O2S. The van der Waals surface area contributed by atoms with Crippen LogP contribution in [0.1, 0.15) is 5.56 Å². The van der Waals surface area contributed by atoms with Crippen LogP contribution in [0.25, 0.3) is 0 Å². The lowest BCUT2D eigenvalue weighted by Crippen LogP contribution is -2.21. The summed E-state index contributed by atoms with van der Waals surface area (Å²) in [5.41, 5.74) is 4.82. The molecule has 0 heterocycles. The largest absolute Gasteiger partial charge is 0.355 e. The third-order valence-corrected chi connectivity index (χ3v) is 2.77. The highest BCUT2D eigenvalue weighted by Crippen LogP contribution is 2.19. The van der Waals surface area contributed by atoms with E-state index in [9.17, 15) is 21.6 Å². The van der Waals surface area contributed by atoms with Crippen LogP contribution in [0.2, 0.25) is 0 Å². The molecule has 98 valence electrons. The van der Waals surface area contributed by atoms with Gasteiger partial charge in [-0.15, -0.1) is 0 Å². The number of hydrogen-bond acceptors (Lipinski definition) is 3. The Labute approximate surface area is 102 Å². The molecule has 1 aromatic carbocycles. The number of nitrogens with two attached hydrogens (primary N) is 1. The van der Waals surface area contributed by atoms with E-state index in [1.165, 1.54) is 0 Å². The van der Waals surface area contributed by atoms with Crippen molar-refractivity contribution in [3.05, 3.63) is 29.6 Å². The lowest BCUT2D eigenvalue weighted by atomic mass is 10.2. The Balaban J connectivity index is 3.17. The van der Waals surface area contributed by atoms with Gasteiger partial charge >= 0.3 is 5.76 Å². The molecule has 0 bridgehead atoms. The summed E-state index contributed by atoms with van der Waals surface area (Å²) < 4.78 is 60.9. The molecule has 4 nitrogen and oxygen atoms in total. The minimum atomic E-state index is -4.82. The van der Waals surface area contributed by atoms with E-state index in [1.807, 2.05) is 0 Å². The second-order valence-electron chi connectivity index (χ2n) is 3.10. The van der Waals surface area contributed by atoms with Gasteiger partial charge in [0.1, 0.15) is 5.82 Å². The molecule has 0 aliphatic carbocycles. The van der Waals surface area contributed by atoms with E-state index in [0.29, 0.717) is 0 Å². The molecule has 0 unspecified atom stereocenters. The number of benzene rings is 1. The maximum Gasteiger partial charge on any atom is 0.355 e. The number of hydrogen-bond donors (Lipinski definition) is 2. The van der Waals surface area contributed by atoms with Crippen molar-refractivity contribution in [2.24, 2.45) is 5.73 Å². The molecule has 0 saturated carbocycles. The Kier molecular flexibility index (Phi) is 4.58. The first kappa shape index (κ1) is 14.3. The van der Waals surface area contributed by atoms with Crippen LogP contribution in [-0.2, 0) is 10.0 Å². The Morgan fingerprint density at radius 2 is 2.06 bits per heavy atom. The van der Waals surface area contributed by atoms with Gasteiger partial charge in [-0.05, 0) is 18.2 Å². The van der Waals surface area contributed by atoms with E-state index >= 15 is 0 Å². The van der Waals surface area contributed by atoms with Crippen molar-refractivity contribution >= 4 is 15.7 Å². The number of alkyl halides is 2. The van der Waals surface area contributed by atoms with Crippen LogP contribution in [0.5, 0.6) is 0 Å². The molecule has 0 saturated heterocycles. The lowest BCUT2D eigenvalue weighted by molar-refractivity contribution is 0.236. The molecule has 0 atom stereocenters. The first-order valence-corrected chi connectivity index (χ1v) is 6.19. The average molecular weight is 278 g/mol. The highest BCUT2D eigenvalue weighted by Gasteiger charge is 2.24. The molecule has 8 heteroatoms. The standard InChI is InChI=1S/C10H9F3N2O2S/c11-8-3-4-9(7(6-8)2-1-5-14)15-18(16,17)10(12)13/h3-4,6,10,15H,5,14H2. The van der Waals surface area contributed by atoms with E-state index in [0.717, 1.165) is 18.2 Å². The normalized spacial score (nSPS) is 10.9. The maximum absolute atomic E-state index is 12.9. The summed E-state index contributed by atoms with van der Waals surface area (Å²) in [6.07, 6.45) is 0. The number of sulfonamides is 1. The van der Waals surface area contributed by atoms with Crippen molar-refractivity contribution in [2.45, 2.75) is 5.76 Å². The van der Waals surface area contributed by atoms with E-state index in [1.54, 1.807) is 4.72 Å². The fourth-order valence-corrected chi connectivity index (χ4v) is 1.63. The fourth-order valence-electron chi connectivity index (χ4n) is 1.05. The maximum atomic E-state index is 12.9. The molecule has 0 aliphatic rings. The highest BCUT2D eigenvalue weighted by atomic mass is 32.2. The van der Waals surface area contributed by atoms with E-state index in [-0.39, 0.29) is 17.8 Å². The summed E-state index contributed by atoms with van der Waals surface area (Å²) in [6.45, 7) is -0.0302. The van der Waals surface area contributed by atoms with Crippen LogP contribution < -0.4 is 10.5 Å². The molecule has 0 aliphatic heterocycles. The Morgan fingerprint density at radius 3 is 2.61 bits per heavy atom. The van der Waals surface area contributed by atoms with Gasteiger partial charge in [0, 0.05) is 0 Å². The molecule has 0 aromatic heterocycles. The zero-order valence-electron chi connectivity index (χ0n) is 8.95. The first-order valence-electron chi connectivity index (χ1n) is 4.65. The summed E-state index contributed by atoms with van der Waals surface area (Å²) >= 11 is 0. The lowest BCUT2D eigenvalue weighted by Gasteiger charge is -2.08. The molecule has 1 aromatic rings. The van der Waals surface area contributed by atoms with Gasteiger partial charge in [-0.1, -0.05) is 11.8 Å². The van der Waals surface area contributed by atoms with Gasteiger partial charge in [-0.2, -0.15) is 8.78 Å². The van der Waals surface area contributed by atoms with Crippen LogP contribution in [0.3, 0.4) is 0 Å². The Bertz CT molecular complexity index is 591. The van der Waals surface area contributed by atoms with Crippen molar-refractivity contribution in [1.29, 1.82) is 0 Å². The van der Waals surface area contributed by atoms with Gasteiger partial charge in [0.05, 0.1) is 17.8 Å². The zero-order chi connectivity index (χ0) is 13.8. The van der Waals surface area contributed by atoms with Crippen molar-refractivity contribution in [3.8, 4) is 11.8 Å². The van der Waals surface area contributed by atoms with E-state index in [4.69, 9.17) is 5.73 Å². The molecular weight excluding hydrogens is 269 g/mol. The first-order chi connectivity index (χ1) is 8.36. The van der Waals surface area contributed by atoms with Crippen LogP contribution in [0.15, 0.2) is 18.2 Å². The molecule has 0 amide bonds. The molecule has 3 N–H and O–H groups in total. The number of anilines is 1. The monoisotopic (exact) mass is 278 g/mol. The van der Waals surface area contributed by atoms with Gasteiger partial charge in [0.25, 0.3) is 10.0 Å². The van der Waals surface area contributed by atoms with Crippen molar-refractivity contribution in [3.63, 3.8) is 0 Å². The topological polar surface area (TPSA) is 72.2 Å². The summed E-state index contributed by atoms with van der Waals surface area (Å²) in [7, 11) is -4.82. The average Bonchev–Trinajstić information content (AvgIpc) is 2.29. The minimum Gasteiger partial charge on any atom is -0.320 e. The number of rotatable bonds is 3. The van der Waals surface area contributed by atoms with Gasteiger partial charge in [0.15, 0.2) is 0 Å². The smallest absolute Gasteiger partial charge is 0.320 e. The van der Waals surface area contributed by atoms with E-state index in [2.05, 4.69) is 11.8 Å². The summed E-state index contributed by atoms with van der Waals surface area (Å²) in [5.74, 6) is 0.509. The van der Waals surface area contributed by atoms with Crippen molar-refractivity contribution in [1.82, 2.24) is 0 Å². The Hall–Kier alpha value is -1.72. The van der Waals surface area contributed by atoms with Gasteiger partial charge in [-0.25, -0.2) is 12.8 Å². The van der Waals surface area contributed by atoms with Crippen LogP contribution >= 0.6 is 0 Å². The summed E-state index contributed by atoms with van der Waals surface area (Å²) in [4.78, 5) is 0. The predicted octanol–water partition coefficient (Wildman–Crippen LogP) is 1.10. The number of halogens is 3. The molecule has 0 spiro atoms.